The lowest BCUT2D eigenvalue weighted by atomic mass is 9.54. The first-order valence-electron chi connectivity index (χ1n) is 8.40. The van der Waals surface area contributed by atoms with Crippen molar-refractivity contribution in [2.45, 2.75) is 51.8 Å². The summed E-state index contributed by atoms with van der Waals surface area (Å²) in [5.41, 5.74) is 6.06. The van der Waals surface area contributed by atoms with E-state index >= 15 is 0 Å². The van der Waals surface area contributed by atoms with Crippen molar-refractivity contribution in [3.8, 4) is 11.5 Å². The van der Waals surface area contributed by atoms with Crippen LogP contribution in [0.15, 0.2) is 18.2 Å². The van der Waals surface area contributed by atoms with Crippen molar-refractivity contribution in [1.29, 1.82) is 0 Å². The molecule has 1 amide bonds. The molecule has 3 unspecified atom stereocenters. The molecule has 0 aromatic heterocycles. The minimum absolute atomic E-state index is 0. The summed E-state index contributed by atoms with van der Waals surface area (Å²) in [5, 5.41) is 3.03. The maximum atomic E-state index is 12.8. The van der Waals surface area contributed by atoms with Crippen molar-refractivity contribution < 1.29 is 19.0 Å². The van der Waals surface area contributed by atoms with Crippen LogP contribution in [0.25, 0.3) is 0 Å². The first-order chi connectivity index (χ1) is 11.3. The van der Waals surface area contributed by atoms with Crippen molar-refractivity contribution in [2.24, 2.45) is 11.1 Å². The Hall–Kier alpha value is -1.50. The van der Waals surface area contributed by atoms with Crippen molar-refractivity contribution in [1.82, 2.24) is 5.32 Å². The Morgan fingerprint density at radius 2 is 2.08 bits per heavy atom. The third-order valence-electron chi connectivity index (χ3n) is 5.48. The van der Waals surface area contributed by atoms with Crippen LogP contribution in [0.5, 0.6) is 11.5 Å². The SMILES string of the molecule is CCOC1CC(N)(C(=O)NC(C)c2ccc3c(c2)OCO3)C1(C)C.Cl. The first kappa shape index (κ1) is 19.8. The van der Waals surface area contributed by atoms with E-state index in [-0.39, 0.29) is 37.3 Å². The van der Waals surface area contributed by atoms with E-state index in [4.69, 9.17) is 19.9 Å². The van der Waals surface area contributed by atoms with Gasteiger partial charge < -0.3 is 25.3 Å². The summed E-state index contributed by atoms with van der Waals surface area (Å²) in [4.78, 5) is 12.8. The van der Waals surface area contributed by atoms with Crippen LogP contribution < -0.4 is 20.5 Å². The number of hydrogen-bond acceptors (Lipinski definition) is 5. The van der Waals surface area contributed by atoms with Crippen LogP contribution in [0, 0.1) is 5.41 Å². The number of benzene rings is 1. The number of nitrogens with one attached hydrogen (secondary N) is 1. The molecule has 0 spiro atoms. The summed E-state index contributed by atoms with van der Waals surface area (Å²) in [6.07, 6.45) is 0.548. The molecule has 6 nitrogen and oxygen atoms in total. The fraction of sp³-hybridized carbons (Fsp3) is 0.611. The van der Waals surface area contributed by atoms with E-state index in [1.807, 2.05) is 45.9 Å². The molecule has 0 saturated heterocycles. The second-order valence-corrected chi connectivity index (χ2v) is 7.15. The molecule has 3 rings (SSSR count). The highest BCUT2D eigenvalue weighted by Gasteiger charge is 2.62. The van der Waals surface area contributed by atoms with Crippen molar-refractivity contribution in [2.75, 3.05) is 13.4 Å². The van der Waals surface area contributed by atoms with Gasteiger partial charge in [-0.2, -0.15) is 0 Å². The molecule has 3 N–H and O–H groups in total. The second-order valence-electron chi connectivity index (χ2n) is 7.15. The number of nitrogens with two attached hydrogens (primary N) is 1. The third-order valence-corrected chi connectivity index (χ3v) is 5.48. The average Bonchev–Trinajstić information content (AvgIpc) is 3.01. The molecule has 1 heterocycles. The van der Waals surface area contributed by atoms with Crippen molar-refractivity contribution >= 4 is 18.3 Å². The Morgan fingerprint density at radius 1 is 1.40 bits per heavy atom. The fourth-order valence-electron chi connectivity index (χ4n) is 3.41. The van der Waals surface area contributed by atoms with Gasteiger partial charge in [-0.25, -0.2) is 0 Å². The number of fused-ring (bicyclic) bond motifs is 1. The highest BCUT2D eigenvalue weighted by molar-refractivity contribution is 5.89. The van der Waals surface area contributed by atoms with Gasteiger partial charge in [0.25, 0.3) is 0 Å². The Bertz CT molecular complexity index is 652. The van der Waals surface area contributed by atoms with Crippen LogP contribution >= 0.6 is 12.4 Å². The van der Waals surface area contributed by atoms with Crippen LogP contribution in [-0.4, -0.2) is 30.9 Å². The van der Waals surface area contributed by atoms with Gasteiger partial charge in [0.1, 0.15) is 5.54 Å². The number of rotatable bonds is 5. The van der Waals surface area contributed by atoms with Crippen LogP contribution in [0.4, 0.5) is 0 Å². The first-order valence-corrected chi connectivity index (χ1v) is 8.40. The zero-order valence-electron chi connectivity index (χ0n) is 15.1. The Balaban J connectivity index is 0.00000225. The predicted octanol–water partition coefficient (Wildman–Crippen LogP) is 2.55. The summed E-state index contributed by atoms with van der Waals surface area (Å²) in [6, 6.07) is 5.51. The zero-order chi connectivity index (χ0) is 17.5. The lowest BCUT2D eigenvalue weighted by Crippen LogP contribution is -2.75. The van der Waals surface area contributed by atoms with Crippen LogP contribution in [0.2, 0.25) is 0 Å². The van der Waals surface area contributed by atoms with Gasteiger partial charge in [0.2, 0.25) is 12.7 Å². The maximum Gasteiger partial charge on any atom is 0.241 e. The lowest BCUT2D eigenvalue weighted by Gasteiger charge is -2.57. The number of amides is 1. The summed E-state index contributed by atoms with van der Waals surface area (Å²) < 4.78 is 16.4. The van der Waals surface area contributed by atoms with Gasteiger partial charge in [0.05, 0.1) is 12.1 Å². The lowest BCUT2D eigenvalue weighted by molar-refractivity contribution is -0.171. The van der Waals surface area contributed by atoms with Crippen LogP contribution in [-0.2, 0) is 9.53 Å². The molecule has 0 radical (unpaired) electrons. The van der Waals surface area contributed by atoms with E-state index in [0.29, 0.717) is 18.8 Å². The van der Waals surface area contributed by atoms with Gasteiger partial charge in [-0.15, -0.1) is 12.4 Å². The maximum absolute atomic E-state index is 12.8. The molecule has 3 atom stereocenters. The third kappa shape index (κ3) is 3.18. The molecule has 1 aliphatic heterocycles. The number of halogens is 1. The van der Waals surface area contributed by atoms with Crippen LogP contribution in [0.1, 0.15) is 45.7 Å². The zero-order valence-corrected chi connectivity index (χ0v) is 15.9. The fourth-order valence-corrected chi connectivity index (χ4v) is 3.41. The Morgan fingerprint density at radius 3 is 2.72 bits per heavy atom. The second kappa shape index (κ2) is 7.02. The van der Waals surface area contributed by atoms with E-state index in [0.717, 1.165) is 11.3 Å². The van der Waals surface area contributed by atoms with Gasteiger partial charge in [0, 0.05) is 18.4 Å². The van der Waals surface area contributed by atoms with Gasteiger partial charge in [-0.1, -0.05) is 19.9 Å². The molecule has 1 saturated carbocycles. The van der Waals surface area contributed by atoms with E-state index in [2.05, 4.69) is 5.32 Å². The topological polar surface area (TPSA) is 82.8 Å². The van der Waals surface area contributed by atoms with E-state index < -0.39 is 11.0 Å². The number of ether oxygens (including phenoxy) is 3. The highest BCUT2D eigenvalue weighted by Crippen LogP contribution is 2.50. The van der Waals surface area contributed by atoms with Gasteiger partial charge in [0.15, 0.2) is 11.5 Å². The molecule has 140 valence electrons. The number of hydrogen-bond donors (Lipinski definition) is 2. The summed E-state index contributed by atoms with van der Waals surface area (Å²) in [5.74, 6) is 1.29. The van der Waals surface area contributed by atoms with E-state index in [1.165, 1.54) is 0 Å². The normalized spacial score (nSPS) is 27.0. The van der Waals surface area contributed by atoms with Crippen molar-refractivity contribution in [3.63, 3.8) is 0 Å². The molecular formula is C18H27ClN2O4. The van der Waals surface area contributed by atoms with Gasteiger partial charge >= 0.3 is 0 Å². The van der Waals surface area contributed by atoms with Gasteiger partial charge in [-0.3, -0.25) is 4.79 Å². The quantitative estimate of drug-likeness (QED) is 0.832. The molecule has 1 aromatic rings. The van der Waals surface area contributed by atoms with E-state index in [1.54, 1.807) is 0 Å². The largest absolute Gasteiger partial charge is 0.454 e. The Kier molecular flexibility index (Phi) is 5.56. The standard InChI is InChI=1S/C18H26N2O4.ClH/c1-5-22-15-9-18(19,17(15,3)4)16(21)20-11(2)12-6-7-13-14(8-12)24-10-23-13;/h6-8,11,15H,5,9-10,19H2,1-4H3,(H,20,21);1H. The molecule has 25 heavy (non-hydrogen) atoms. The average molecular weight is 371 g/mol. The monoisotopic (exact) mass is 370 g/mol. The smallest absolute Gasteiger partial charge is 0.241 e. The minimum atomic E-state index is -0.919. The number of carbonyl (C=O) groups is 1. The summed E-state index contributed by atoms with van der Waals surface area (Å²) in [6.45, 7) is 8.72. The van der Waals surface area contributed by atoms with Crippen molar-refractivity contribution in [3.05, 3.63) is 23.8 Å². The predicted molar refractivity (Wildman–Crippen MR) is 97.1 cm³/mol. The summed E-state index contributed by atoms with van der Waals surface area (Å²) >= 11 is 0. The molecule has 0 bridgehead atoms. The molecule has 1 fully saturated rings. The molecule has 1 aliphatic carbocycles. The Labute approximate surface area is 154 Å². The highest BCUT2D eigenvalue weighted by atomic mass is 35.5. The van der Waals surface area contributed by atoms with Gasteiger partial charge in [-0.05, 0) is 31.5 Å². The molecular weight excluding hydrogens is 344 g/mol. The molecule has 2 aliphatic rings. The van der Waals surface area contributed by atoms with Crippen LogP contribution in [0.3, 0.4) is 0 Å². The summed E-state index contributed by atoms with van der Waals surface area (Å²) in [7, 11) is 0. The minimum Gasteiger partial charge on any atom is -0.454 e. The molecule has 7 heteroatoms. The number of carbonyl (C=O) groups excluding carboxylic acids is 1. The molecule has 1 aromatic carbocycles. The van der Waals surface area contributed by atoms with E-state index in [9.17, 15) is 4.79 Å².